The molecular formula is C23H20N4O3. The van der Waals surface area contributed by atoms with Crippen molar-refractivity contribution in [1.29, 1.82) is 5.26 Å². The number of ether oxygens (including phenoxy) is 1. The monoisotopic (exact) mass is 400 g/mol. The Hall–Kier alpha value is -3.76. The van der Waals surface area contributed by atoms with Crippen molar-refractivity contribution in [3.05, 3.63) is 60.0 Å². The number of fused-ring (bicyclic) bond motifs is 3. The van der Waals surface area contributed by atoms with E-state index in [0.717, 1.165) is 22.1 Å². The maximum Gasteiger partial charge on any atom is 0.420 e. The van der Waals surface area contributed by atoms with Crippen LogP contribution < -0.4 is 0 Å². The topological polar surface area (TPSA) is 101 Å². The molecule has 0 aliphatic rings. The molecule has 3 heterocycles. The number of carbonyl (C=O) groups excluding carboxylic acids is 1. The van der Waals surface area contributed by atoms with Crippen molar-refractivity contribution in [3.8, 4) is 17.2 Å². The number of pyridine rings is 2. The number of nitrogens with zero attached hydrogens (tertiary/aromatic N) is 4. The normalized spacial score (nSPS) is 11.6. The standard InChI is InChI=1S/C23H20N4O3/c1-23(2,3)30-22(29)27-20-12-25-17(10-24)9-18(20)19-8-16(11-26-21(19)27)15-6-4-14(13-28)5-7-15/h4-9,11-12,28H,13H2,1-3H3. The van der Waals surface area contributed by atoms with Gasteiger partial charge in [-0.25, -0.2) is 19.3 Å². The number of nitriles is 1. The van der Waals surface area contributed by atoms with Crippen molar-refractivity contribution in [1.82, 2.24) is 14.5 Å². The Kier molecular flexibility index (Phi) is 4.72. The van der Waals surface area contributed by atoms with Gasteiger partial charge in [-0.15, -0.1) is 0 Å². The van der Waals surface area contributed by atoms with Crippen molar-refractivity contribution >= 4 is 28.0 Å². The van der Waals surface area contributed by atoms with Gasteiger partial charge in [-0.1, -0.05) is 24.3 Å². The molecule has 0 aliphatic carbocycles. The Labute approximate surface area is 173 Å². The molecule has 7 heteroatoms. The van der Waals surface area contributed by atoms with E-state index in [9.17, 15) is 15.2 Å². The molecule has 1 aromatic carbocycles. The van der Waals surface area contributed by atoms with Crippen molar-refractivity contribution in [3.63, 3.8) is 0 Å². The third-order valence-electron chi connectivity index (χ3n) is 4.65. The highest BCUT2D eigenvalue weighted by molar-refractivity contribution is 6.12. The van der Waals surface area contributed by atoms with Gasteiger partial charge in [0.05, 0.1) is 18.3 Å². The van der Waals surface area contributed by atoms with Gasteiger partial charge >= 0.3 is 6.09 Å². The van der Waals surface area contributed by atoms with Crippen LogP contribution in [-0.2, 0) is 11.3 Å². The Morgan fingerprint density at radius 2 is 1.83 bits per heavy atom. The Balaban J connectivity index is 1.95. The number of carbonyl (C=O) groups is 1. The first-order chi connectivity index (χ1) is 14.3. The molecule has 0 saturated carbocycles. The number of rotatable bonds is 2. The summed E-state index contributed by atoms with van der Waals surface area (Å²) in [7, 11) is 0. The molecular weight excluding hydrogens is 380 g/mol. The van der Waals surface area contributed by atoms with E-state index in [1.165, 1.54) is 10.8 Å². The number of hydrogen-bond donors (Lipinski definition) is 1. The molecule has 4 aromatic rings. The summed E-state index contributed by atoms with van der Waals surface area (Å²) in [6.45, 7) is 5.37. The number of aliphatic hydroxyl groups excluding tert-OH is 1. The van der Waals surface area contributed by atoms with Crippen LogP contribution >= 0.6 is 0 Å². The van der Waals surface area contributed by atoms with Gasteiger partial charge in [0.2, 0.25) is 0 Å². The highest BCUT2D eigenvalue weighted by Gasteiger charge is 2.24. The second kappa shape index (κ2) is 7.25. The summed E-state index contributed by atoms with van der Waals surface area (Å²) >= 11 is 0. The summed E-state index contributed by atoms with van der Waals surface area (Å²) < 4.78 is 6.95. The molecule has 7 nitrogen and oxygen atoms in total. The lowest BCUT2D eigenvalue weighted by atomic mass is 10.0. The summed E-state index contributed by atoms with van der Waals surface area (Å²) in [5.41, 5.74) is 3.14. The molecule has 4 rings (SSSR count). The van der Waals surface area contributed by atoms with Crippen LogP contribution in [0.4, 0.5) is 4.79 Å². The van der Waals surface area contributed by atoms with Crippen LogP contribution in [0.5, 0.6) is 0 Å². The highest BCUT2D eigenvalue weighted by Crippen LogP contribution is 2.32. The minimum absolute atomic E-state index is 0.0229. The van der Waals surface area contributed by atoms with Gasteiger partial charge < -0.3 is 9.84 Å². The van der Waals surface area contributed by atoms with Gasteiger partial charge in [-0.05, 0) is 44.0 Å². The maximum atomic E-state index is 12.9. The number of aliphatic hydroxyl groups is 1. The average molecular weight is 400 g/mol. The fourth-order valence-electron chi connectivity index (χ4n) is 3.30. The van der Waals surface area contributed by atoms with E-state index in [-0.39, 0.29) is 12.3 Å². The van der Waals surface area contributed by atoms with Gasteiger partial charge in [-0.2, -0.15) is 5.26 Å². The molecule has 0 aliphatic heterocycles. The summed E-state index contributed by atoms with van der Waals surface area (Å²) in [4.78, 5) is 21.6. The van der Waals surface area contributed by atoms with Crippen molar-refractivity contribution < 1.29 is 14.6 Å². The van der Waals surface area contributed by atoms with E-state index >= 15 is 0 Å². The first-order valence-electron chi connectivity index (χ1n) is 9.44. The quantitative estimate of drug-likeness (QED) is 0.535. The second-order valence-electron chi connectivity index (χ2n) is 7.96. The molecule has 30 heavy (non-hydrogen) atoms. The van der Waals surface area contributed by atoms with E-state index in [1.807, 2.05) is 36.4 Å². The smallest absolute Gasteiger partial charge is 0.420 e. The van der Waals surface area contributed by atoms with Gasteiger partial charge in [0.1, 0.15) is 17.4 Å². The molecule has 0 saturated heterocycles. The lowest BCUT2D eigenvalue weighted by molar-refractivity contribution is 0.0550. The van der Waals surface area contributed by atoms with Gasteiger partial charge in [0.25, 0.3) is 0 Å². The molecule has 0 unspecified atom stereocenters. The minimum Gasteiger partial charge on any atom is -0.443 e. The van der Waals surface area contributed by atoms with Crippen molar-refractivity contribution in [2.75, 3.05) is 0 Å². The molecule has 150 valence electrons. The lowest BCUT2D eigenvalue weighted by Gasteiger charge is -2.20. The largest absolute Gasteiger partial charge is 0.443 e. The van der Waals surface area contributed by atoms with E-state index in [1.54, 1.807) is 33.0 Å². The van der Waals surface area contributed by atoms with E-state index < -0.39 is 11.7 Å². The van der Waals surface area contributed by atoms with E-state index in [2.05, 4.69) is 9.97 Å². The van der Waals surface area contributed by atoms with Crippen LogP contribution in [0.2, 0.25) is 0 Å². The third-order valence-corrected chi connectivity index (χ3v) is 4.65. The third kappa shape index (κ3) is 3.49. The zero-order valence-electron chi connectivity index (χ0n) is 16.9. The zero-order valence-corrected chi connectivity index (χ0v) is 16.9. The Bertz CT molecular complexity index is 1310. The predicted molar refractivity (Wildman–Crippen MR) is 113 cm³/mol. The zero-order chi connectivity index (χ0) is 21.5. The molecule has 0 fully saturated rings. The van der Waals surface area contributed by atoms with Gasteiger partial charge in [0.15, 0.2) is 5.65 Å². The Morgan fingerprint density at radius 1 is 1.10 bits per heavy atom. The molecule has 0 atom stereocenters. The van der Waals surface area contributed by atoms with E-state index in [4.69, 9.17) is 4.74 Å². The summed E-state index contributed by atoms with van der Waals surface area (Å²) in [5.74, 6) is 0. The minimum atomic E-state index is -0.672. The molecule has 1 N–H and O–H groups in total. The van der Waals surface area contributed by atoms with Crippen molar-refractivity contribution in [2.24, 2.45) is 0 Å². The summed E-state index contributed by atoms with van der Waals surface area (Å²) in [6.07, 6.45) is 2.63. The summed E-state index contributed by atoms with van der Waals surface area (Å²) in [5, 5.41) is 19.9. The molecule has 0 bridgehead atoms. The number of aromatic nitrogens is 3. The fourth-order valence-corrected chi connectivity index (χ4v) is 3.30. The first kappa shape index (κ1) is 19.6. The first-order valence-corrected chi connectivity index (χ1v) is 9.44. The highest BCUT2D eigenvalue weighted by atomic mass is 16.6. The average Bonchev–Trinajstić information content (AvgIpc) is 3.05. The van der Waals surface area contributed by atoms with Crippen LogP contribution in [0.3, 0.4) is 0 Å². The lowest BCUT2D eigenvalue weighted by Crippen LogP contribution is -2.27. The van der Waals surface area contributed by atoms with Crippen LogP contribution in [0, 0.1) is 11.3 Å². The summed E-state index contributed by atoms with van der Waals surface area (Å²) in [6, 6.07) is 13.1. The maximum absolute atomic E-state index is 12.9. The fraction of sp³-hybridized carbons (Fsp3) is 0.217. The van der Waals surface area contributed by atoms with Gasteiger partial charge in [0, 0.05) is 22.5 Å². The molecule has 3 aromatic heterocycles. The SMILES string of the molecule is CC(C)(C)OC(=O)n1c2cnc(C#N)cc2c2cc(-c3ccc(CO)cc3)cnc21. The van der Waals surface area contributed by atoms with E-state index in [0.29, 0.717) is 16.6 Å². The number of benzene rings is 1. The second-order valence-corrected chi connectivity index (χ2v) is 7.96. The van der Waals surface area contributed by atoms with Crippen LogP contribution in [0.1, 0.15) is 32.0 Å². The van der Waals surface area contributed by atoms with Gasteiger partial charge in [-0.3, -0.25) is 0 Å². The molecule has 0 radical (unpaired) electrons. The molecule has 0 spiro atoms. The number of hydrogen-bond acceptors (Lipinski definition) is 6. The predicted octanol–water partition coefficient (Wildman–Crippen LogP) is 4.40. The molecule has 0 amide bonds. The van der Waals surface area contributed by atoms with Crippen LogP contribution in [-0.4, -0.2) is 31.3 Å². The van der Waals surface area contributed by atoms with Crippen LogP contribution in [0.15, 0.2) is 48.8 Å². The van der Waals surface area contributed by atoms with Crippen LogP contribution in [0.25, 0.3) is 33.1 Å². The Morgan fingerprint density at radius 3 is 2.47 bits per heavy atom. The van der Waals surface area contributed by atoms with Crippen molar-refractivity contribution in [2.45, 2.75) is 33.0 Å².